The predicted molar refractivity (Wildman–Crippen MR) is 79.6 cm³/mol. The maximum absolute atomic E-state index is 11.3. The lowest BCUT2D eigenvalue weighted by molar-refractivity contribution is -0.384. The fourth-order valence-electron chi connectivity index (χ4n) is 2.10. The number of nitrogens with one attached hydrogen (secondary N) is 1. The molecule has 1 heterocycles. The molecule has 2 aromatic carbocycles. The number of nitro benzene ring substituents is 1. The molecule has 21 heavy (non-hydrogen) atoms. The Morgan fingerprint density at radius 3 is 2.48 bits per heavy atom. The Morgan fingerprint density at radius 2 is 1.81 bits per heavy atom. The molecule has 0 saturated carbocycles. The number of hydrogen-bond donors (Lipinski definition) is 2. The van der Waals surface area contributed by atoms with Crippen LogP contribution in [0.5, 0.6) is 0 Å². The average molecular weight is 302 g/mol. The number of H-pyrrole nitrogens is 1. The van der Waals surface area contributed by atoms with Gasteiger partial charge in [0.2, 0.25) is 0 Å². The average Bonchev–Trinajstić information content (AvgIpc) is 2.85. The van der Waals surface area contributed by atoms with E-state index in [1.165, 1.54) is 24.3 Å². The summed E-state index contributed by atoms with van der Waals surface area (Å²) in [5.74, 6) is 0. The Bertz CT molecular complexity index is 867. The fourth-order valence-corrected chi connectivity index (χ4v) is 2.89. The van der Waals surface area contributed by atoms with Gasteiger partial charge in [-0.3, -0.25) is 14.9 Å². The van der Waals surface area contributed by atoms with E-state index in [4.69, 9.17) is 0 Å². The van der Waals surface area contributed by atoms with Gasteiger partial charge in [-0.1, -0.05) is 17.4 Å². The first kappa shape index (κ1) is 13.5. The van der Waals surface area contributed by atoms with Crippen LogP contribution < -0.4 is 4.87 Å². The molecule has 0 aliphatic rings. The number of fused-ring (bicyclic) bond motifs is 1. The highest BCUT2D eigenvalue weighted by atomic mass is 32.1. The summed E-state index contributed by atoms with van der Waals surface area (Å²) < 4.78 is 0.762. The van der Waals surface area contributed by atoms with Crippen LogP contribution in [0.2, 0.25) is 0 Å². The first-order valence-electron chi connectivity index (χ1n) is 6.10. The number of nitro groups is 1. The summed E-state index contributed by atoms with van der Waals surface area (Å²) >= 11 is 1.07. The Kier molecular flexibility index (Phi) is 3.28. The van der Waals surface area contributed by atoms with Gasteiger partial charge in [0.05, 0.1) is 15.1 Å². The summed E-state index contributed by atoms with van der Waals surface area (Å²) in [4.78, 5) is 23.9. The molecule has 0 saturated heterocycles. The monoisotopic (exact) mass is 302 g/mol. The number of rotatable bonds is 3. The summed E-state index contributed by atoms with van der Waals surface area (Å²) in [6.07, 6.45) is -0.896. The molecular weight excluding hydrogens is 292 g/mol. The van der Waals surface area contributed by atoms with E-state index in [1.807, 2.05) is 0 Å². The molecule has 0 aliphatic carbocycles. The van der Waals surface area contributed by atoms with E-state index in [2.05, 4.69) is 4.98 Å². The third kappa shape index (κ3) is 2.56. The second-order valence-electron chi connectivity index (χ2n) is 4.52. The van der Waals surface area contributed by atoms with Crippen molar-refractivity contribution in [3.63, 3.8) is 0 Å². The van der Waals surface area contributed by atoms with Crippen molar-refractivity contribution in [3.05, 3.63) is 73.4 Å². The molecule has 6 nitrogen and oxygen atoms in total. The summed E-state index contributed by atoms with van der Waals surface area (Å²) in [6, 6.07) is 10.9. The number of nitrogens with zero attached hydrogens (tertiary/aromatic N) is 1. The van der Waals surface area contributed by atoms with E-state index in [0.29, 0.717) is 11.1 Å². The molecule has 0 bridgehead atoms. The van der Waals surface area contributed by atoms with Crippen LogP contribution in [0.15, 0.2) is 47.3 Å². The van der Waals surface area contributed by atoms with Crippen molar-refractivity contribution in [1.29, 1.82) is 0 Å². The second-order valence-corrected chi connectivity index (χ2v) is 5.54. The van der Waals surface area contributed by atoms with Gasteiger partial charge in [-0.2, -0.15) is 0 Å². The maximum Gasteiger partial charge on any atom is 0.305 e. The van der Waals surface area contributed by atoms with Gasteiger partial charge < -0.3 is 10.1 Å². The number of aliphatic hydroxyl groups is 1. The van der Waals surface area contributed by atoms with Crippen LogP contribution in [0.1, 0.15) is 17.2 Å². The zero-order chi connectivity index (χ0) is 15.0. The largest absolute Gasteiger partial charge is 0.384 e. The minimum Gasteiger partial charge on any atom is -0.384 e. The van der Waals surface area contributed by atoms with Gasteiger partial charge in [0.1, 0.15) is 6.10 Å². The van der Waals surface area contributed by atoms with Crippen LogP contribution in [0.3, 0.4) is 0 Å². The van der Waals surface area contributed by atoms with Crippen molar-refractivity contribution in [1.82, 2.24) is 4.98 Å². The minimum absolute atomic E-state index is 0.0229. The van der Waals surface area contributed by atoms with Crippen LogP contribution in [-0.2, 0) is 0 Å². The maximum atomic E-state index is 11.3. The number of aromatic nitrogens is 1. The zero-order valence-electron chi connectivity index (χ0n) is 10.6. The van der Waals surface area contributed by atoms with Gasteiger partial charge in [-0.05, 0) is 35.4 Å². The second kappa shape index (κ2) is 5.12. The van der Waals surface area contributed by atoms with Gasteiger partial charge in [-0.25, -0.2) is 0 Å². The van der Waals surface area contributed by atoms with Crippen LogP contribution in [0, 0.1) is 10.1 Å². The molecule has 3 aromatic rings. The summed E-state index contributed by atoms with van der Waals surface area (Å²) in [5, 5.41) is 20.9. The predicted octanol–water partition coefficient (Wildman–Crippen LogP) is 2.58. The molecular formula is C14H10N2O4S. The number of aromatic amines is 1. The van der Waals surface area contributed by atoms with Crippen molar-refractivity contribution in [3.8, 4) is 0 Å². The van der Waals surface area contributed by atoms with E-state index >= 15 is 0 Å². The Balaban J connectivity index is 1.96. The van der Waals surface area contributed by atoms with Crippen molar-refractivity contribution < 1.29 is 10.0 Å². The highest BCUT2D eigenvalue weighted by molar-refractivity contribution is 7.16. The van der Waals surface area contributed by atoms with Crippen LogP contribution >= 0.6 is 11.3 Å². The highest BCUT2D eigenvalue weighted by Gasteiger charge is 2.13. The first-order chi connectivity index (χ1) is 10.0. The summed E-state index contributed by atoms with van der Waals surface area (Å²) in [7, 11) is 0. The molecule has 7 heteroatoms. The number of benzene rings is 2. The first-order valence-corrected chi connectivity index (χ1v) is 6.91. The van der Waals surface area contributed by atoms with E-state index in [-0.39, 0.29) is 10.6 Å². The number of aliphatic hydroxyl groups excluding tert-OH is 1. The minimum atomic E-state index is -0.896. The lowest BCUT2D eigenvalue weighted by atomic mass is 10.0. The van der Waals surface area contributed by atoms with Crippen LogP contribution in [-0.4, -0.2) is 15.0 Å². The number of thiazole rings is 1. The van der Waals surface area contributed by atoms with E-state index in [1.54, 1.807) is 18.2 Å². The van der Waals surface area contributed by atoms with Gasteiger partial charge in [0, 0.05) is 12.1 Å². The summed E-state index contributed by atoms with van der Waals surface area (Å²) in [6.45, 7) is 0. The molecule has 1 aromatic heterocycles. The lowest BCUT2D eigenvalue weighted by Gasteiger charge is -2.11. The fraction of sp³-hybridized carbons (Fsp3) is 0.0714. The Hall–Kier alpha value is -2.51. The van der Waals surface area contributed by atoms with Gasteiger partial charge in [-0.15, -0.1) is 0 Å². The molecule has 0 amide bonds. The Morgan fingerprint density at radius 1 is 1.14 bits per heavy atom. The Labute approximate surface area is 122 Å². The van der Waals surface area contributed by atoms with Gasteiger partial charge >= 0.3 is 4.87 Å². The van der Waals surface area contributed by atoms with Crippen molar-refractivity contribution in [2.45, 2.75) is 6.10 Å². The van der Waals surface area contributed by atoms with Crippen molar-refractivity contribution in [2.75, 3.05) is 0 Å². The van der Waals surface area contributed by atoms with Gasteiger partial charge in [0.25, 0.3) is 5.69 Å². The zero-order valence-corrected chi connectivity index (χ0v) is 11.5. The third-order valence-corrected chi connectivity index (χ3v) is 4.03. The van der Waals surface area contributed by atoms with Crippen LogP contribution in [0.25, 0.3) is 10.2 Å². The van der Waals surface area contributed by atoms with E-state index < -0.39 is 11.0 Å². The topological polar surface area (TPSA) is 96.2 Å². The third-order valence-electron chi connectivity index (χ3n) is 3.18. The standard InChI is InChI=1S/C14H10N2O4S/c17-13(8-1-4-10(5-2-8)16(19)20)9-3-6-11-12(7-9)21-14(18)15-11/h1-7,13,17H,(H,15,18). The molecule has 0 radical (unpaired) electrons. The molecule has 1 unspecified atom stereocenters. The normalized spacial score (nSPS) is 12.4. The molecule has 0 spiro atoms. The molecule has 3 rings (SSSR count). The molecule has 2 N–H and O–H groups in total. The molecule has 0 fully saturated rings. The number of hydrogen-bond acceptors (Lipinski definition) is 5. The van der Waals surface area contributed by atoms with E-state index in [9.17, 15) is 20.0 Å². The molecule has 0 aliphatic heterocycles. The lowest BCUT2D eigenvalue weighted by Crippen LogP contribution is -1.99. The van der Waals surface area contributed by atoms with Gasteiger partial charge in [0.15, 0.2) is 0 Å². The SMILES string of the molecule is O=c1[nH]c2ccc(C(O)c3ccc([N+](=O)[O-])cc3)cc2s1. The smallest absolute Gasteiger partial charge is 0.305 e. The highest BCUT2D eigenvalue weighted by Crippen LogP contribution is 2.27. The van der Waals surface area contributed by atoms with E-state index in [0.717, 1.165) is 21.6 Å². The summed E-state index contributed by atoms with van der Waals surface area (Å²) in [5.41, 5.74) is 1.89. The molecule has 1 atom stereocenters. The number of non-ortho nitro benzene ring substituents is 1. The quantitative estimate of drug-likeness (QED) is 0.574. The van der Waals surface area contributed by atoms with Crippen molar-refractivity contribution in [2.24, 2.45) is 0 Å². The van der Waals surface area contributed by atoms with Crippen molar-refractivity contribution >= 4 is 27.2 Å². The van der Waals surface area contributed by atoms with Crippen LogP contribution in [0.4, 0.5) is 5.69 Å². The molecule has 106 valence electrons.